The Hall–Kier alpha value is -1.78. The Morgan fingerprint density at radius 1 is 1.16 bits per heavy atom. The Morgan fingerprint density at radius 3 is 2.40 bits per heavy atom. The molecule has 1 atom stereocenters. The standard InChI is InChI=1S/C19H20ClFNO2.ClH/c1-12-8-13-9-18(23-2)19(24-3)10-14(13)17(11-20)22(12)16-7-5-4-6-15(16)21;/h4-7,9-10,12H,8,11H2,1-3H3;1H/q+1;/p-1. The smallest absolute Gasteiger partial charge is 0.241 e. The fourth-order valence-corrected chi connectivity index (χ4v) is 3.60. The van der Waals surface area contributed by atoms with Gasteiger partial charge in [-0.2, -0.15) is 8.97 Å². The maximum absolute atomic E-state index is 14.4. The molecule has 0 fully saturated rings. The number of hydrogen-bond donors (Lipinski definition) is 0. The van der Waals surface area contributed by atoms with E-state index in [1.54, 1.807) is 26.4 Å². The molecule has 1 aliphatic rings. The average Bonchev–Trinajstić information content (AvgIpc) is 2.60. The molecular formula is C19H20Cl2FNO2. The fourth-order valence-electron chi connectivity index (χ4n) is 3.33. The van der Waals surface area contributed by atoms with Crippen LogP contribution in [0.5, 0.6) is 11.5 Å². The quantitative estimate of drug-likeness (QED) is 0.583. The first-order chi connectivity index (χ1) is 11.6. The van der Waals surface area contributed by atoms with E-state index in [0.29, 0.717) is 17.2 Å². The third kappa shape index (κ3) is 3.46. The van der Waals surface area contributed by atoms with Crippen molar-refractivity contribution in [2.75, 3.05) is 20.1 Å². The van der Waals surface area contributed by atoms with Gasteiger partial charge in [0.15, 0.2) is 23.4 Å². The van der Waals surface area contributed by atoms with Gasteiger partial charge in [-0.3, -0.25) is 0 Å². The Labute approximate surface area is 158 Å². The highest BCUT2D eigenvalue weighted by Crippen LogP contribution is 2.35. The van der Waals surface area contributed by atoms with Crippen LogP contribution >= 0.6 is 11.6 Å². The summed E-state index contributed by atoms with van der Waals surface area (Å²) < 4.78 is 27.1. The number of rotatable bonds is 4. The van der Waals surface area contributed by atoms with E-state index in [4.69, 9.17) is 21.1 Å². The number of halogens is 3. The van der Waals surface area contributed by atoms with Crippen LogP contribution in [0.1, 0.15) is 18.1 Å². The molecule has 1 heterocycles. The van der Waals surface area contributed by atoms with Crippen LogP contribution < -0.4 is 21.9 Å². The van der Waals surface area contributed by atoms with Gasteiger partial charge in [0.25, 0.3) is 0 Å². The molecule has 2 aromatic rings. The molecule has 0 aliphatic carbocycles. The predicted molar refractivity (Wildman–Crippen MR) is 93.9 cm³/mol. The van der Waals surface area contributed by atoms with Gasteiger partial charge in [-0.25, -0.2) is 0 Å². The largest absolute Gasteiger partial charge is 1.00 e. The van der Waals surface area contributed by atoms with E-state index in [0.717, 1.165) is 23.3 Å². The van der Waals surface area contributed by atoms with E-state index < -0.39 is 0 Å². The molecule has 6 heteroatoms. The molecule has 0 aromatic heterocycles. The molecule has 0 spiro atoms. The van der Waals surface area contributed by atoms with Gasteiger partial charge >= 0.3 is 0 Å². The Morgan fingerprint density at radius 2 is 1.80 bits per heavy atom. The van der Waals surface area contributed by atoms with Crippen molar-refractivity contribution in [3.63, 3.8) is 0 Å². The summed E-state index contributed by atoms with van der Waals surface area (Å²) in [5.74, 6) is 1.36. The lowest BCUT2D eigenvalue weighted by molar-refractivity contribution is -0.484. The van der Waals surface area contributed by atoms with Crippen LogP contribution in [0, 0.1) is 5.82 Å². The van der Waals surface area contributed by atoms with Gasteiger partial charge in [0.2, 0.25) is 11.4 Å². The molecule has 0 saturated heterocycles. The van der Waals surface area contributed by atoms with Crippen molar-refractivity contribution in [1.29, 1.82) is 0 Å². The van der Waals surface area contributed by atoms with Crippen molar-refractivity contribution in [1.82, 2.24) is 0 Å². The number of ether oxygens (including phenoxy) is 2. The molecule has 0 N–H and O–H groups in total. The van der Waals surface area contributed by atoms with Crippen molar-refractivity contribution < 1.29 is 30.8 Å². The summed E-state index contributed by atoms with van der Waals surface area (Å²) in [4.78, 5) is 0. The minimum atomic E-state index is -0.254. The summed E-state index contributed by atoms with van der Waals surface area (Å²) in [5, 5.41) is 0. The number of hydrogen-bond acceptors (Lipinski definition) is 2. The van der Waals surface area contributed by atoms with E-state index in [2.05, 4.69) is 6.92 Å². The van der Waals surface area contributed by atoms with Gasteiger partial charge in [-0.05, 0) is 30.7 Å². The maximum Gasteiger partial charge on any atom is 0.241 e. The Kier molecular flexibility index (Phi) is 6.31. The Bertz CT molecular complexity index is 808. The second-order valence-electron chi connectivity index (χ2n) is 5.82. The van der Waals surface area contributed by atoms with Gasteiger partial charge in [0.1, 0.15) is 5.88 Å². The van der Waals surface area contributed by atoms with E-state index >= 15 is 0 Å². The monoisotopic (exact) mass is 383 g/mol. The van der Waals surface area contributed by atoms with Gasteiger partial charge in [0, 0.05) is 12.5 Å². The zero-order chi connectivity index (χ0) is 17.3. The van der Waals surface area contributed by atoms with Crippen LogP contribution in [0.2, 0.25) is 0 Å². The van der Waals surface area contributed by atoms with Crippen molar-refractivity contribution in [3.05, 3.63) is 53.3 Å². The van der Waals surface area contributed by atoms with E-state index in [-0.39, 0.29) is 30.1 Å². The first-order valence-electron chi connectivity index (χ1n) is 7.81. The van der Waals surface area contributed by atoms with Crippen LogP contribution in [0.3, 0.4) is 0 Å². The lowest BCUT2D eigenvalue weighted by Gasteiger charge is -2.24. The maximum atomic E-state index is 14.4. The molecule has 25 heavy (non-hydrogen) atoms. The van der Waals surface area contributed by atoms with Crippen molar-refractivity contribution in [3.8, 4) is 11.5 Å². The summed E-state index contributed by atoms with van der Waals surface area (Å²) in [7, 11) is 3.22. The fraction of sp³-hybridized carbons (Fsp3) is 0.316. The number of nitrogens with zero attached hydrogens (tertiary/aromatic N) is 1. The van der Waals surface area contributed by atoms with Gasteiger partial charge in [-0.15, -0.1) is 11.6 Å². The molecule has 0 saturated carbocycles. The normalized spacial score (nSPS) is 16.1. The highest BCUT2D eigenvalue weighted by Gasteiger charge is 2.34. The molecule has 1 aliphatic heterocycles. The molecule has 1 unspecified atom stereocenters. The molecular weight excluding hydrogens is 364 g/mol. The van der Waals surface area contributed by atoms with Crippen LogP contribution in [0.4, 0.5) is 10.1 Å². The second-order valence-corrected chi connectivity index (χ2v) is 6.09. The van der Waals surface area contributed by atoms with Crippen molar-refractivity contribution in [2.45, 2.75) is 19.4 Å². The number of para-hydroxylation sites is 1. The summed E-state index contributed by atoms with van der Waals surface area (Å²) in [6.07, 6.45) is 0.768. The summed E-state index contributed by atoms with van der Waals surface area (Å²) in [6, 6.07) is 10.8. The molecule has 3 nitrogen and oxygen atoms in total. The highest BCUT2D eigenvalue weighted by molar-refractivity contribution is 6.31. The van der Waals surface area contributed by atoms with Crippen molar-refractivity contribution in [2.24, 2.45) is 0 Å². The molecule has 0 bridgehead atoms. The van der Waals surface area contributed by atoms with Gasteiger partial charge in [-0.1, -0.05) is 12.1 Å². The molecule has 0 amide bonds. The SMILES string of the molecule is COc1cc2c(cc1OC)C(CCl)=[N+](c1ccccc1F)C(C)C2.[Cl-]. The number of fused-ring (bicyclic) bond motifs is 1. The van der Waals surface area contributed by atoms with Crippen LogP contribution in [0.25, 0.3) is 0 Å². The third-order valence-electron chi connectivity index (χ3n) is 4.41. The molecule has 0 radical (unpaired) electrons. The minimum absolute atomic E-state index is 0. The zero-order valence-corrected chi connectivity index (χ0v) is 15.9. The third-order valence-corrected chi connectivity index (χ3v) is 4.66. The molecule has 134 valence electrons. The Balaban J connectivity index is 0.00000225. The van der Waals surface area contributed by atoms with Crippen molar-refractivity contribution >= 4 is 23.0 Å². The lowest BCUT2D eigenvalue weighted by atomic mass is 9.92. The number of alkyl halides is 1. The number of methoxy groups -OCH3 is 2. The summed E-state index contributed by atoms with van der Waals surface area (Å²) in [6.45, 7) is 2.07. The predicted octanol–water partition coefficient (Wildman–Crippen LogP) is 1.16. The summed E-state index contributed by atoms with van der Waals surface area (Å²) >= 11 is 6.27. The van der Waals surface area contributed by atoms with Gasteiger partial charge in [0.05, 0.1) is 19.8 Å². The highest BCUT2D eigenvalue weighted by atomic mass is 35.5. The van der Waals surface area contributed by atoms with E-state index in [9.17, 15) is 4.39 Å². The molecule has 3 rings (SSSR count). The van der Waals surface area contributed by atoms with E-state index in [1.807, 2.05) is 22.8 Å². The lowest BCUT2D eigenvalue weighted by Crippen LogP contribution is -3.00. The minimum Gasteiger partial charge on any atom is -1.00 e. The van der Waals surface area contributed by atoms with E-state index in [1.165, 1.54) is 6.07 Å². The average molecular weight is 384 g/mol. The summed E-state index contributed by atoms with van der Waals surface area (Å²) in [5.41, 5.74) is 3.52. The first kappa shape index (κ1) is 19.5. The van der Waals surface area contributed by atoms with Crippen LogP contribution in [-0.2, 0) is 6.42 Å². The number of benzene rings is 2. The van der Waals surface area contributed by atoms with Crippen LogP contribution in [0.15, 0.2) is 36.4 Å². The molecule has 2 aromatic carbocycles. The zero-order valence-electron chi connectivity index (χ0n) is 14.4. The topological polar surface area (TPSA) is 21.5 Å². The second kappa shape index (κ2) is 8.07. The van der Waals surface area contributed by atoms with Gasteiger partial charge < -0.3 is 21.9 Å². The van der Waals surface area contributed by atoms with Crippen LogP contribution in [-0.4, -0.2) is 36.4 Å². The first-order valence-corrected chi connectivity index (χ1v) is 8.35.